The SMILES string of the molecule is CC1(N2CCC(=O)NC3(CCCC3)C2=O)CCCOC1. The summed E-state index contributed by atoms with van der Waals surface area (Å²) in [5, 5.41) is 3.02. The summed E-state index contributed by atoms with van der Waals surface area (Å²) in [5.74, 6) is 0.136. The lowest BCUT2D eigenvalue weighted by molar-refractivity contribution is -0.149. The fourth-order valence-corrected chi connectivity index (χ4v) is 3.92. The molecule has 0 aromatic carbocycles. The molecule has 0 bridgehead atoms. The molecule has 1 N–H and O–H groups in total. The molecule has 3 aliphatic rings. The molecule has 3 fully saturated rings. The molecule has 1 saturated carbocycles. The molecule has 2 amide bonds. The highest BCUT2D eigenvalue weighted by Gasteiger charge is 2.50. The van der Waals surface area contributed by atoms with Crippen LogP contribution in [0.1, 0.15) is 51.9 Å². The minimum absolute atomic E-state index is 0.0167. The Bertz CT molecular complexity index is 409. The number of carbonyl (C=O) groups is 2. The average molecular weight is 280 g/mol. The lowest BCUT2D eigenvalue weighted by atomic mass is 9.88. The van der Waals surface area contributed by atoms with Gasteiger partial charge in [-0.15, -0.1) is 0 Å². The minimum atomic E-state index is -0.631. The molecule has 1 atom stereocenters. The van der Waals surface area contributed by atoms with Crippen molar-refractivity contribution in [3.05, 3.63) is 0 Å². The first-order chi connectivity index (χ1) is 9.56. The van der Waals surface area contributed by atoms with Crippen LogP contribution >= 0.6 is 0 Å². The third-order valence-corrected chi connectivity index (χ3v) is 5.12. The predicted molar refractivity (Wildman–Crippen MR) is 74.1 cm³/mol. The van der Waals surface area contributed by atoms with Crippen molar-refractivity contribution in [2.45, 2.75) is 62.9 Å². The highest BCUT2D eigenvalue weighted by atomic mass is 16.5. The second kappa shape index (κ2) is 5.02. The Morgan fingerprint density at radius 3 is 2.55 bits per heavy atom. The number of carbonyl (C=O) groups excluding carboxylic acids is 2. The van der Waals surface area contributed by atoms with Gasteiger partial charge in [0, 0.05) is 19.6 Å². The van der Waals surface area contributed by atoms with E-state index in [0.717, 1.165) is 45.1 Å². The van der Waals surface area contributed by atoms with E-state index in [0.29, 0.717) is 19.6 Å². The maximum Gasteiger partial charge on any atom is 0.248 e. The van der Waals surface area contributed by atoms with Crippen LogP contribution in [0.15, 0.2) is 0 Å². The fourth-order valence-electron chi connectivity index (χ4n) is 3.92. The van der Waals surface area contributed by atoms with E-state index in [4.69, 9.17) is 4.74 Å². The lowest BCUT2D eigenvalue weighted by Gasteiger charge is -2.45. The summed E-state index contributed by atoms with van der Waals surface area (Å²) in [4.78, 5) is 27.0. The van der Waals surface area contributed by atoms with Crippen molar-refractivity contribution in [2.75, 3.05) is 19.8 Å². The van der Waals surface area contributed by atoms with Crippen LogP contribution in [-0.2, 0) is 14.3 Å². The Morgan fingerprint density at radius 2 is 1.90 bits per heavy atom. The predicted octanol–water partition coefficient (Wildman–Crippen LogP) is 1.22. The quantitative estimate of drug-likeness (QED) is 0.785. The number of rotatable bonds is 1. The maximum absolute atomic E-state index is 13.1. The van der Waals surface area contributed by atoms with Crippen molar-refractivity contribution in [1.29, 1.82) is 0 Å². The highest BCUT2D eigenvalue weighted by Crippen LogP contribution is 2.37. The first-order valence-corrected chi connectivity index (χ1v) is 7.77. The van der Waals surface area contributed by atoms with Crippen LogP contribution < -0.4 is 5.32 Å². The van der Waals surface area contributed by atoms with Gasteiger partial charge in [-0.25, -0.2) is 0 Å². The van der Waals surface area contributed by atoms with Crippen LogP contribution in [0.3, 0.4) is 0 Å². The first kappa shape index (κ1) is 13.9. The average Bonchev–Trinajstić information content (AvgIpc) is 2.84. The zero-order valence-electron chi connectivity index (χ0n) is 12.2. The molecular formula is C15H24N2O3. The molecule has 5 nitrogen and oxygen atoms in total. The van der Waals surface area contributed by atoms with Crippen LogP contribution in [-0.4, -0.2) is 47.6 Å². The Hall–Kier alpha value is -1.10. The number of nitrogens with zero attached hydrogens (tertiary/aromatic N) is 1. The summed E-state index contributed by atoms with van der Waals surface area (Å²) in [6.45, 7) is 3.98. The van der Waals surface area contributed by atoms with Crippen molar-refractivity contribution in [2.24, 2.45) is 0 Å². The second-order valence-electron chi connectivity index (χ2n) is 6.70. The third kappa shape index (κ3) is 2.22. The molecule has 2 saturated heterocycles. The van der Waals surface area contributed by atoms with Crippen molar-refractivity contribution in [1.82, 2.24) is 10.2 Å². The molecular weight excluding hydrogens is 256 g/mol. The van der Waals surface area contributed by atoms with Gasteiger partial charge in [0.15, 0.2) is 0 Å². The molecule has 1 unspecified atom stereocenters. The molecule has 0 radical (unpaired) electrons. The number of hydrogen-bond acceptors (Lipinski definition) is 3. The Morgan fingerprint density at radius 1 is 1.15 bits per heavy atom. The summed E-state index contributed by atoms with van der Waals surface area (Å²) >= 11 is 0. The largest absolute Gasteiger partial charge is 0.379 e. The highest BCUT2D eigenvalue weighted by molar-refractivity contribution is 5.94. The maximum atomic E-state index is 13.1. The van der Waals surface area contributed by atoms with Gasteiger partial charge in [0.2, 0.25) is 11.8 Å². The first-order valence-electron chi connectivity index (χ1n) is 7.77. The monoisotopic (exact) mass is 280 g/mol. The van der Waals surface area contributed by atoms with Gasteiger partial charge in [-0.05, 0) is 32.6 Å². The van der Waals surface area contributed by atoms with Crippen LogP contribution in [0, 0.1) is 0 Å². The molecule has 5 heteroatoms. The Balaban J connectivity index is 1.89. The second-order valence-corrected chi connectivity index (χ2v) is 6.70. The Kier molecular flexibility index (Phi) is 3.48. The number of hydrogen-bond donors (Lipinski definition) is 1. The van der Waals surface area contributed by atoms with Crippen molar-refractivity contribution >= 4 is 11.8 Å². The van der Waals surface area contributed by atoms with Gasteiger partial charge in [0.25, 0.3) is 0 Å². The van der Waals surface area contributed by atoms with Crippen LogP contribution in [0.5, 0.6) is 0 Å². The van der Waals surface area contributed by atoms with E-state index >= 15 is 0 Å². The van der Waals surface area contributed by atoms with Crippen molar-refractivity contribution in [3.63, 3.8) is 0 Å². The molecule has 0 aromatic heterocycles. The van der Waals surface area contributed by atoms with Gasteiger partial charge in [-0.1, -0.05) is 12.8 Å². The van der Waals surface area contributed by atoms with Crippen molar-refractivity contribution in [3.8, 4) is 0 Å². The van der Waals surface area contributed by atoms with Gasteiger partial charge in [-0.2, -0.15) is 0 Å². The van der Waals surface area contributed by atoms with E-state index in [2.05, 4.69) is 12.2 Å². The molecule has 2 heterocycles. The number of ether oxygens (including phenoxy) is 1. The standard InChI is InChI=1S/C15H24N2O3/c1-14(6-4-10-20-11-14)17-9-5-12(18)16-15(13(17)19)7-2-3-8-15/h2-11H2,1H3,(H,16,18). The summed E-state index contributed by atoms with van der Waals surface area (Å²) in [7, 11) is 0. The summed E-state index contributed by atoms with van der Waals surface area (Å²) in [6.07, 6.45) is 5.96. The van der Waals surface area contributed by atoms with Gasteiger partial charge >= 0.3 is 0 Å². The molecule has 1 spiro atoms. The fraction of sp³-hybridized carbons (Fsp3) is 0.867. The van der Waals surface area contributed by atoms with E-state index in [1.165, 1.54) is 0 Å². The van der Waals surface area contributed by atoms with Gasteiger partial charge in [0.1, 0.15) is 5.54 Å². The van der Waals surface area contributed by atoms with E-state index in [1.807, 2.05) is 4.90 Å². The zero-order valence-corrected chi connectivity index (χ0v) is 12.2. The molecule has 112 valence electrons. The topological polar surface area (TPSA) is 58.6 Å². The molecule has 0 aromatic rings. The Labute approximate surface area is 120 Å². The van der Waals surface area contributed by atoms with Crippen molar-refractivity contribution < 1.29 is 14.3 Å². The minimum Gasteiger partial charge on any atom is -0.379 e. The van der Waals surface area contributed by atoms with Gasteiger partial charge < -0.3 is 15.0 Å². The van der Waals surface area contributed by atoms with Crippen LogP contribution in [0.4, 0.5) is 0 Å². The lowest BCUT2D eigenvalue weighted by Crippen LogP contribution is -2.62. The van der Waals surface area contributed by atoms with E-state index in [1.54, 1.807) is 0 Å². The van der Waals surface area contributed by atoms with E-state index in [9.17, 15) is 9.59 Å². The molecule has 20 heavy (non-hydrogen) atoms. The number of nitrogens with one attached hydrogen (secondary N) is 1. The molecule has 1 aliphatic carbocycles. The molecule has 3 rings (SSSR count). The van der Waals surface area contributed by atoms with Crippen LogP contribution in [0.2, 0.25) is 0 Å². The van der Waals surface area contributed by atoms with Gasteiger partial charge in [-0.3, -0.25) is 9.59 Å². The smallest absolute Gasteiger partial charge is 0.248 e. The third-order valence-electron chi connectivity index (χ3n) is 5.12. The van der Waals surface area contributed by atoms with Crippen LogP contribution in [0.25, 0.3) is 0 Å². The summed E-state index contributed by atoms with van der Waals surface area (Å²) < 4.78 is 5.61. The summed E-state index contributed by atoms with van der Waals surface area (Å²) in [5.41, 5.74) is -0.884. The molecule has 2 aliphatic heterocycles. The van der Waals surface area contributed by atoms with E-state index < -0.39 is 5.54 Å². The summed E-state index contributed by atoms with van der Waals surface area (Å²) in [6, 6.07) is 0. The van der Waals surface area contributed by atoms with Gasteiger partial charge in [0.05, 0.1) is 12.1 Å². The normalized spacial score (nSPS) is 34.1. The number of amides is 2. The van der Waals surface area contributed by atoms with E-state index in [-0.39, 0.29) is 17.4 Å². The zero-order chi connectivity index (χ0) is 14.2.